The van der Waals surface area contributed by atoms with Crippen molar-refractivity contribution in [1.29, 1.82) is 0 Å². The molecule has 0 atom stereocenters. The van der Waals surface area contributed by atoms with Gasteiger partial charge in [0.2, 0.25) is 0 Å². The van der Waals surface area contributed by atoms with Crippen molar-refractivity contribution in [1.82, 2.24) is 14.5 Å². The van der Waals surface area contributed by atoms with E-state index in [1.165, 1.54) is 72.9 Å². The number of fused-ring (bicyclic) bond motifs is 8. The minimum atomic E-state index is 0.690. The van der Waals surface area contributed by atoms with E-state index in [1.54, 1.807) is 0 Å². The largest absolute Gasteiger partial charge is 0.309 e. The summed E-state index contributed by atoms with van der Waals surface area (Å²) in [6.45, 7) is 0. The summed E-state index contributed by atoms with van der Waals surface area (Å²) in [4.78, 5) is 10.7. The number of nitrogens with zero attached hydrogens (tertiary/aromatic N) is 3. The molecule has 13 rings (SSSR count). The lowest BCUT2D eigenvalue weighted by atomic mass is 9.98. The van der Waals surface area contributed by atoms with Gasteiger partial charge in [0.15, 0.2) is 5.82 Å². The molecule has 4 aromatic heterocycles. The molecule has 0 spiro atoms. The van der Waals surface area contributed by atoms with E-state index in [-0.39, 0.29) is 0 Å². The molecule has 0 aliphatic heterocycles. The van der Waals surface area contributed by atoms with Gasteiger partial charge in [0, 0.05) is 84.3 Å². The second kappa shape index (κ2) is 12.7. The van der Waals surface area contributed by atoms with Crippen molar-refractivity contribution in [3.63, 3.8) is 0 Å². The predicted molar refractivity (Wildman–Crippen MR) is 253 cm³/mol. The Morgan fingerprint density at radius 2 is 0.797 bits per heavy atom. The maximum absolute atomic E-state index is 5.33. The van der Waals surface area contributed by atoms with Gasteiger partial charge in [-0.1, -0.05) is 140 Å². The highest BCUT2D eigenvalue weighted by Crippen LogP contribution is 2.50. The first kappa shape index (κ1) is 32.9. The Hall–Kier alpha value is -7.18. The summed E-state index contributed by atoms with van der Waals surface area (Å²) in [6.07, 6.45) is 0. The van der Waals surface area contributed by atoms with Crippen LogP contribution in [-0.2, 0) is 0 Å². The van der Waals surface area contributed by atoms with Gasteiger partial charge in [-0.2, -0.15) is 0 Å². The summed E-state index contributed by atoms with van der Waals surface area (Å²) in [7, 11) is 0. The van der Waals surface area contributed by atoms with Gasteiger partial charge in [-0.15, -0.1) is 22.7 Å². The number of hydrogen-bond acceptors (Lipinski definition) is 4. The Labute approximate surface area is 347 Å². The first-order valence-electron chi connectivity index (χ1n) is 19.9. The fraction of sp³-hybridized carbons (Fsp3) is 0. The lowest BCUT2D eigenvalue weighted by Gasteiger charge is -2.15. The third-order valence-electron chi connectivity index (χ3n) is 11.9. The Morgan fingerprint density at radius 3 is 1.32 bits per heavy atom. The van der Waals surface area contributed by atoms with Crippen molar-refractivity contribution in [3.05, 3.63) is 188 Å². The first-order chi connectivity index (χ1) is 29.2. The van der Waals surface area contributed by atoms with Gasteiger partial charge in [-0.25, -0.2) is 9.97 Å². The highest BCUT2D eigenvalue weighted by molar-refractivity contribution is 7.27. The fourth-order valence-corrected chi connectivity index (χ4v) is 11.7. The Kier molecular flexibility index (Phi) is 7.05. The first-order valence-corrected chi connectivity index (χ1v) is 21.5. The minimum Gasteiger partial charge on any atom is -0.309 e. The summed E-state index contributed by atoms with van der Waals surface area (Å²) in [5.74, 6) is 0.690. The quantitative estimate of drug-likeness (QED) is 0.163. The molecule has 4 heterocycles. The topological polar surface area (TPSA) is 30.7 Å². The van der Waals surface area contributed by atoms with Gasteiger partial charge < -0.3 is 4.57 Å². The maximum Gasteiger partial charge on any atom is 0.160 e. The smallest absolute Gasteiger partial charge is 0.160 e. The predicted octanol–water partition coefficient (Wildman–Crippen LogP) is 15.6. The van der Waals surface area contributed by atoms with Crippen molar-refractivity contribution >= 4 is 95.6 Å². The fourth-order valence-electron chi connectivity index (χ4n) is 9.27. The van der Waals surface area contributed by atoms with Crippen LogP contribution in [0.2, 0.25) is 0 Å². The monoisotopic (exact) mass is 785 g/mol. The van der Waals surface area contributed by atoms with Crippen LogP contribution in [0.1, 0.15) is 0 Å². The maximum atomic E-state index is 5.33. The molecule has 59 heavy (non-hydrogen) atoms. The number of hydrogen-bond donors (Lipinski definition) is 0. The molecule has 0 radical (unpaired) electrons. The molecule has 0 N–H and O–H groups in total. The third kappa shape index (κ3) is 4.99. The molecule has 274 valence electrons. The molecule has 13 aromatic rings. The lowest BCUT2D eigenvalue weighted by molar-refractivity contribution is 1.16. The van der Waals surface area contributed by atoms with E-state index in [0.717, 1.165) is 44.9 Å². The van der Waals surface area contributed by atoms with Crippen molar-refractivity contribution in [2.45, 2.75) is 0 Å². The molecule has 5 heteroatoms. The standard InChI is InChI=1S/C54H31N3S2/c1-4-14-32(15-5-1)35-26-36(54-55-44(33-16-6-2-7-17-33)31-45(56-54)34-18-8-3-9-19-34)28-37(27-35)57-46-29-42-38-20-10-12-22-48(38)58-52(42)40-24-25-41-51(50(40)46)47(57)30-43-39-21-11-13-23-49(39)59-53(41)43/h1-31H. The van der Waals surface area contributed by atoms with Crippen molar-refractivity contribution < 1.29 is 0 Å². The Bertz CT molecular complexity index is 3570. The molecule has 9 aromatic carbocycles. The molecular weight excluding hydrogens is 755 g/mol. The van der Waals surface area contributed by atoms with E-state index < -0.39 is 0 Å². The molecule has 0 unspecified atom stereocenters. The third-order valence-corrected chi connectivity index (χ3v) is 14.4. The van der Waals surface area contributed by atoms with Gasteiger partial charge in [0.25, 0.3) is 0 Å². The average molecular weight is 786 g/mol. The molecule has 3 nitrogen and oxygen atoms in total. The SMILES string of the molecule is c1ccc(-c2cc(-c3nc(-c4ccccc4)cc(-c4ccccc4)n3)cc(-n3c4cc5c6ccccc6sc5c5ccc6c7sc8ccccc8c7cc3c6c54)c2)cc1. The van der Waals surface area contributed by atoms with Crippen LogP contribution in [0.25, 0.3) is 124 Å². The normalized spacial score (nSPS) is 12.1. The van der Waals surface area contributed by atoms with Crippen molar-refractivity contribution in [3.8, 4) is 50.7 Å². The van der Waals surface area contributed by atoms with E-state index in [0.29, 0.717) is 5.82 Å². The van der Waals surface area contributed by atoms with Crippen LogP contribution in [0.15, 0.2) is 188 Å². The van der Waals surface area contributed by atoms with Gasteiger partial charge in [-0.3, -0.25) is 0 Å². The van der Waals surface area contributed by atoms with Crippen LogP contribution in [0, 0.1) is 0 Å². The molecule has 0 fully saturated rings. The van der Waals surface area contributed by atoms with Crippen LogP contribution < -0.4 is 0 Å². The van der Waals surface area contributed by atoms with E-state index in [1.807, 2.05) is 34.8 Å². The zero-order chi connectivity index (χ0) is 38.6. The Balaban J connectivity index is 1.17. The second-order valence-electron chi connectivity index (χ2n) is 15.3. The number of aromatic nitrogens is 3. The molecule has 0 aliphatic rings. The Morgan fingerprint density at radius 1 is 0.339 bits per heavy atom. The van der Waals surface area contributed by atoms with E-state index in [4.69, 9.17) is 9.97 Å². The highest BCUT2D eigenvalue weighted by atomic mass is 32.1. The summed E-state index contributed by atoms with van der Waals surface area (Å²) >= 11 is 3.80. The van der Waals surface area contributed by atoms with Gasteiger partial charge in [0.05, 0.1) is 22.4 Å². The van der Waals surface area contributed by atoms with E-state index in [2.05, 4.69) is 180 Å². The summed E-state index contributed by atoms with van der Waals surface area (Å²) in [5, 5.41) is 10.4. The van der Waals surface area contributed by atoms with Gasteiger partial charge in [-0.05, 0) is 59.7 Å². The summed E-state index contributed by atoms with van der Waals surface area (Å²) in [6, 6.07) is 68.0. The van der Waals surface area contributed by atoms with Gasteiger partial charge in [0.1, 0.15) is 0 Å². The van der Waals surface area contributed by atoms with Crippen LogP contribution in [0.4, 0.5) is 0 Å². The van der Waals surface area contributed by atoms with E-state index in [9.17, 15) is 0 Å². The van der Waals surface area contributed by atoms with Crippen molar-refractivity contribution in [2.24, 2.45) is 0 Å². The molecule has 0 saturated heterocycles. The summed E-state index contributed by atoms with van der Waals surface area (Å²) < 4.78 is 7.83. The molecule has 0 bridgehead atoms. The minimum absolute atomic E-state index is 0.690. The van der Waals surface area contributed by atoms with E-state index >= 15 is 0 Å². The molecule has 0 amide bonds. The molecule has 0 aliphatic carbocycles. The second-order valence-corrected chi connectivity index (χ2v) is 17.4. The van der Waals surface area contributed by atoms with Crippen LogP contribution in [0.5, 0.6) is 0 Å². The highest BCUT2D eigenvalue weighted by Gasteiger charge is 2.24. The van der Waals surface area contributed by atoms with Crippen LogP contribution in [-0.4, -0.2) is 14.5 Å². The lowest BCUT2D eigenvalue weighted by Crippen LogP contribution is -1.99. The van der Waals surface area contributed by atoms with Crippen LogP contribution in [0.3, 0.4) is 0 Å². The van der Waals surface area contributed by atoms with Crippen LogP contribution >= 0.6 is 22.7 Å². The number of benzene rings is 9. The number of rotatable bonds is 5. The van der Waals surface area contributed by atoms with Gasteiger partial charge >= 0.3 is 0 Å². The average Bonchev–Trinajstić information content (AvgIpc) is 3.99. The zero-order valence-electron chi connectivity index (χ0n) is 31.6. The molecule has 0 saturated carbocycles. The number of thiophene rings is 2. The zero-order valence-corrected chi connectivity index (χ0v) is 33.2. The molecular formula is C54H31N3S2. The summed E-state index contributed by atoms with van der Waals surface area (Å²) in [5.41, 5.74) is 10.6. The van der Waals surface area contributed by atoms with Crippen molar-refractivity contribution in [2.75, 3.05) is 0 Å².